The van der Waals surface area contributed by atoms with E-state index in [2.05, 4.69) is 11.2 Å². The fourth-order valence-electron chi connectivity index (χ4n) is 2.25. The standard InChI is InChI=1S/C21H17ClN2O2/c1-4-9-26-20-8-7-18(22)12-16(20)11-17(13-23)21(25)24-19-10-14(2)5-6-15(19)3/h1,5-8,10-12H,9H2,2-3H3,(H,24,25)/b17-11+. The number of hydrogen-bond acceptors (Lipinski definition) is 3. The van der Waals surface area contributed by atoms with Gasteiger partial charge >= 0.3 is 0 Å². The van der Waals surface area contributed by atoms with Gasteiger partial charge in [-0.25, -0.2) is 0 Å². The Balaban J connectivity index is 2.34. The molecule has 1 amide bonds. The van der Waals surface area contributed by atoms with Crippen molar-refractivity contribution in [2.45, 2.75) is 13.8 Å². The van der Waals surface area contributed by atoms with Gasteiger partial charge in [0.15, 0.2) is 0 Å². The first kappa shape index (κ1) is 19.1. The van der Waals surface area contributed by atoms with E-state index >= 15 is 0 Å². The fraction of sp³-hybridized carbons (Fsp3) is 0.143. The third-order valence-corrected chi connectivity index (χ3v) is 3.82. The number of aryl methyl sites for hydroxylation is 2. The minimum Gasteiger partial charge on any atom is -0.480 e. The maximum Gasteiger partial charge on any atom is 0.266 e. The summed E-state index contributed by atoms with van der Waals surface area (Å²) in [5.41, 5.74) is 3.00. The van der Waals surface area contributed by atoms with Crippen molar-refractivity contribution in [1.82, 2.24) is 0 Å². The molecule has 4 nitrogen and oxygen atoms in total. The van der Waals surface area contributed by atoms with E-state index in [4.69, 9.17) is 22.8 Å². The minimum absolute atomic E-state index is 0.0685. The van der Waals surface area contributed by atoms with E-state index in [0.29, 0.717) is 22.0 Å². The molecule has 0 radical (unpaired) electrons. The summed E-state index contributed by atoms with van der Waals surface area (Å²) < 4.78 is 5.44. The summed E-state index contributed by atoms with van der Waals surface area (Å²) in [6, 6.07) is 12.5. The van der Waals surface area contributed by atoms with Crippen molar-refractivity contribution in [2.75, 3.05) is 11.9 Å². The van der Waals surface area contributed by atoms with Gasteiger partial charge in [0.2, 0.25) is 0 Å². The molecule has 0 aliphatic rings. The number of benzene rings is 2. The van der Waals surface area contributed by atoms with Gasteiger partial charge in [-0.2, -0.15) is 5.26 Å². The SMILES string of the molecule is C#CCOc1ccc(Cl)cc1/C=C(\C#N)C(=O)Nc1cc(C)ccc1C. The number of nitrogens with zero attached hydrogens (tertiary/aromatic N) is 1. The van der Waals surface area contributed by atoms with Gasteiger partial charge in [0.1, 0.15) is 24.0 Å². The molecule has 0 aliphatic heterocycles. The van der Waals surface area contributed by atoms with E-state index in [9.17, 15) is 10.1 Å². The monoisotopic (exact) mass is 364 g/mol. The lowest BCUT2D eigenvalue weighted by molar-refractivity contribution is -0.112. The Bertz CT molecular complexity index is 949. The molecule has 0 fully saturated rings. The molecule has 2 aromatic rings. The number of anilines is 1. The quantitative estimate of drug-likeness (QED) is 0.482. The highest BCUT2D eigenvalue weighted by atomic mass is 35.5. The molecule has 130 valence electrons. The van der Waals surface area contributed by atoms with Crippen LogP contribution in [0.4, 0.5) is 5.69 Å². The summed E-state index contributed by atoms with van der Waals surface area (Å²) in [6.45, 7) is 3.88. The molecule has 0 aliphatic carbocycles. The second-order valence-corrected chi connectivity index (χ2v) is 6.05. The Morgan fingerprint density at radius 3 is 2.77 bits per heavy atom. The zero-order valence-electron chi connectivity index (χ0n) is 14.5. The Labute approximate surface area is 158 Å². The van der Waals surface area contributed by atoms with Gasteiger partial charge in [0, 0.05) is 16.3 Å². The first-order chi connectivity index (χ1) is 12.4. The number of ether oxygens (including phenoxy) is 1. The highest BCUT2D eigenvalue weighted by Gasteiger charge is 2.13. The maximum atomic E-state index is 12.5. The molecule has 0 heterocycles. The van der Waals surface area contributed by atoms with Crippen molar-refractivity contribution in [3.05, 3.63) is 63.7 Å². The van der Waals surface area contributed by atoms with Gasteiger partial charge in [0.05, 0.1) is 0 Å². The summed E-state index contributed by atoms with van der Waals surface area (Å²) in [5.74, 6) is 2.31. The third kappa shape index (κ3) is 4.89. The van der Waals surface area contributed by atoms with E-state index in [0.717, 1.165) is 11.1 Å². The third-order valence-electron chi connectivity index (χ3n) is 3.59. The summed E-state index contributed by atoms with van der Waals surface area (Å²) in [6.07, 6.45) is 6.64. The molecule has 2 rings (SSSR count). The van der Waals surface area contributed by atoms with Crippen molar-refractivity contribution in [3.8, 4) is 24.2 Å². The van der Waals surface area contributed by atoms with Crippen molar-refractivity contribution >= 4 is 29.3 Å². The molecule has 0 saturated heterocycles. The number of terminal acetylenes is 1. The number of carbonyl (C=O) groups excluding carboxylic acids is 1. The molecule has 0 spiro atoms. The van der Waals surface area contributed by atoms with Crippen LogP contribution in [-0.4, -0.2) is 12.5 Å². The zero-order valence-corrected chi connectivity index (χ0v) is 15.2. The fourth-order valence-corrected chi connectivity index (χ4v) is 2.43. The van der Waals surface area contributed by atoms with Crippen LogP contribution in [0.15, 0.2) is 42.0 Å². The Kier molecular flexibility index (Phi) is 6.44. The Morgan fingerprint density at radius 1 is 1.31 bits per heavy atom. The number of halogens is 1. The molecule has 0 saturated carbocycles. The Morgan fingerprint density at radius 2 is 2.08 bits per heavy atom. The maximum absolute atomic E-state index is 12.5. The average molecular weight is 365 g/mol. The van der Waals surface area contributed by atoms with Gasteiger partial charge in [-0.05, 0) is 55.3 Å². The van der Waals surface area contributed by atoms with E-state index in [1.54, 1.807) is 18.2 Å². The van der Waals surface area contributed by atoms with Crippen molar-refractivity contribution < 1.29 is 9.53 Å². The normalized spacial score (nSPS) is 10.6. The number of carbonyl (C=O) groups is 1. The predicted octanol–water partition coefficient (Wildman–Crippen LogP) is 4.51. The molecular weight excluding hydrogens is 348 g/mol. The lowest BCUT2D eigenvalue weighted by Gasteiger charge is -2.10. The van der Waals surface area contributed by atoms with Crippen LogP contribution in [0.1, 0.15) is 16.7 Å². The largest absolute Gasteiger partial charge is 0.480 e. The molecule has 0 aromatic heterocycles. The molecule has 1 N–H and O–H groups in total. The first-order valence-corrected chi connectivity index (χ1v) is 8.18. The second-order valence-electron chi connectivity index (χ2n) is 5.62. The van der Waals surface area contributed by atoms with Crippen LogP contribution in [0.25, 0.3) is 6.08 Å². The van der Waals surface area contributed by atoms with Crippen LogP contribution in [0.2, 0.25) is 5.02 Å². The average Bonchev–Trinajstić information content (AvgIpc) is 2.61. The summed E-state index contributed by atoms with van der Waals surface area (Å²) in [5, 5.41) is 12.6. The lowest BCUT2D eigenvalue weighted by atomic mass is 10.1. The van der Waals surface area contributed by atoms with Crippen molar-refractivity contribution in [2.24, 2.45) is 0 Å². The second kappa shape index (κ2) is 8.76. The van der Waals surface area contributed by atoms with E-state index in [-0.39, 0.29) is 12.2 Å². The summed E-state index contributed by atoms with van der Waals surface area (Å²) in [4.78, 5) is 12.5. The highest BCUT2D eigenvalue weighted by Crippen LogP contribution is 2.26. The van der Waals surface area contributed by atoms with E-state index in [1.165, 1.54) is 6.08 Å². The van der Waals surface area contributed by atoms with Crippen molar-refractivity contribution in [1.29, 1.82) is 5.26 Å². The number of nitrogens with one attached hydrogen (secondary N) is 1. The van der Waals surface area contributed by atoms with Crippen LogP contribution in [0.3, 0.4) is 0 Å². The summed E-state index contributed by atoms with van der Waals surface area (Å²) >= 11 is 6.02. The van der Waals surface area contributed by atoms with Gasteiger partial charge in [0.25, 0.3) is 5.91 Å². The number of amides is 1. The topological polar surface area (TPSA) is 62.1 Å². The molecule has 0 bridgehead atoms. The number of hydrogen-bond donors (Lipinski definition) is 1. The van der Waals surface area contributed by atoms with E-state index < -0.39 is 5.91 Å². The highest BCUT2D eigenvalue weighted by molar-refractivity contribution is 6.30. The molecule has 26 heavy (non-hydrogen) atoms. The van der Waals surface area contributed by atoms with Crippen LogP contribution in [0.5, 0.6) is 5.75 Å². The molecule has 0 unspecified atom stereocenters. The van der Waals surface area contributed by atoms with Gasteiger partial charge in [-0.1, -0.05) is 29.7 Å². The molecular formula is C21H17ClN2O2. The smallest absolute Gasteiger partial charge is 0.266 e. The molecule has 2 aromatic carbocycles. The Hall–Kier alpha value is -3.21. The predicted molar refractivity (Wildman–Crippen MR) is 104 cm³/mol. The number of nitriles is 1. The molecule has 5 heteroatoms. The van der Waals surface area contributed by atoms with Crippen LogP contribution >= 0.6 is 11.6 Å². The van der Waals surface area contributed by atoms with Crippen LogP contribution in [-0.2, 0) is 4.79 Å². The lowest BCUT2D eigenvalue weighted by Crippen LogP contribution is -2.14. The van der Waals surface area contributed by atoms with Gasteiger partial charge in [-0.15, -0.1) is 6.42 Å². The van der Waals surface area contributed by atoms with E-state index in [1.807, 2.05) is 38.1 Å². The minimum atomic E-state index is -0.510. The first-order valence-electron chi connectivity index (χ1n) is 7.81. The number of rotatable bonds is 5. The van der Waals surface area contributed by atoms with Gasteiger partial charge in [-0.3, -0.25) is 4.79 Å². The molecule has 0 atom stereocenters. The summed E-state index contributed by atoms with van der Waals surface area (Å²) in [7, 11) is 0. The van der Waals surface area contributed by atoms with Crippen molar-refractivity contribution in [3.63, 3.8) is 0 Å². The van der Waals surface area contributed by atoms with Crippen LogP contribution < -0.4 is 10.1 Å². The van der Waals surface area contributed by atoms with Crippen LogP contribution in [0, 0.1) is 37.5 Å². The zero-order chi connectivity index (χ0) is 19.1. The van der Waals surface area contributed by atoms with Gasteiger partial charge < -0.3 is 10.1 Å².